The molecule has 1 saturated heterocycles. The monoisotopic (exact) mass is 277 g/mol. The lowest BCUT2D eigenvalue weighted by Crippen LogP contribution is -2.50. The molecule has 2 rings (SSSR count). The van der Waals surface area contributed by atoms with Crippen LogP contribution in [0.2, 0.25) is 0 Å². The van der Waals surface area contributed by atoms with Crippen LogP contribution in [0.4, 0.5) is 0 Å². The number of carbonyl (C=O) groups is 1. The van der Waals surface area contributed by atoms with E-state index in [1.165, 1.54) is 0 Å². The predicted octanol–water partition coefficient (Wildman–Crippen LogP) is 1.27. The van der Waals surface area contributed by atoms with Crippen molar-refractivity contribution in [1.82, 2.24) is 15.6 Å². The number of piperidine rings is 1. The minimum atomic E-state index is -0.414. The third-order valence-electron chi connectivity index (χ3n) is 3.94. The molecular formula is C15H23N3O2. The van der Waals surface area contributed by atoms with Gasteiger partial charge in [0.15, 0.2) is 0 Å². The molecule has 110 valence electrons. The Bertz CT molecular complexity index is 424. The molecule has 5 nitrogen and oxygen atoms in total. The second-order valence-electron chi connectivity index (χ2n) is 5.41. The quantitative estimate of drug-likeness (QED) is 0.851. The normalized spacial score (nSPS) is 19.3. The Kier molecular flexibility index (Phi) is 5.09. The first-order valence-electron chi connectivity index (χ1n) is 7.09. The third kappa shape index (κ3) is 3.35. The highest BCUT2D eigenvalue weighted by atomic mass is 16.5. The molecule has 0 unspecified atom stereocenters. The molecule has 1 atom stereocenters. The molecular weight excluding hydrogens is 254 g/mol. The van der Waals surface area contributed by atoms with Crippen LogP contribution in [0, 0.1) is 5.41 Å². The fraction of sp³-hybridized carbons (Fsp3) is 0.600. The van der Waals surface area contributed by atoms with Crippen molar-refractivity contribution in [3.05, 3.63) is 30.1 Å². The maximum Gasteiger partial charge on any atom is 0.229 e. The summed E-state index contributed by atoms with van der Waals surface area (Å²) in [6.07, 6.45) is 3.36. The highest BCUT2D eigenvalue weighted by molar-refractivity contribution is 5.83. The zero-order valence-electron chi connectivity index (χ0n) is 12.2. The summed E-state index contributed by atoms with van der Waals surface area (Å²) in [7, 11) is 1.65. The Hall–Kier alpha value is -1.46. The van der Waals surface area contributed by atoms with Gasteiger partial charge in [0.05, 0.1) is 23.8 Å². The molecule has 0 aliphatic carbocycles. The van der Waals surface area contributed by atoms with E-state index in [2.05, 4.69) is 15.6 Å². The molecule has 1 aliphatic heterocycles. The fourth-order valence-electron chi connectivity index (χ4n) is 2.67. The number of methoxy groups -OCH3 is 1. The van der Waals surface area contributed by atoms with Crippen molar-refractivity contribution in [2.24, 2.45) is 5.41 Å². The van der Waals surface area contributed by atoms with Crippen LogP contribution in [-0.2, 0) is 9.53 Å². The second-order valence-corrected chi connectivity index (χ2v) is 5.41. The minimum absolute atomic E-state index is 0.0685. The number of hydrogen-bond donors (Lipinski definition) is 2. The van der Waals surface area contributed by atoms with E-state index in [0.717, 1.165) is 31.6 Å². The van der Waals surface area contributed by atoms with Crippen molar-refractivity contribution in [2.75, 3.05) is 26.8 Å². The van der Waals surface area contributed by atoms with Crippen molar-refractivity contribution in [3.8, 4) is 0 Å². The lowest BCUT2D eigenvalue weighted by molar-refractivity contribution is -0.136. The van der Waals surface area contributed by atoms with Gasteiger partial charge >= 0.3 is 0 Å². The van der Waals surface area contributed by atoms with Gasteiger partial charge in [-0.25, -0.2) is 0 Å². The topological polar surface area (TPSA) is 63.2 Å². The van der Waals surface area contributed by atoms with Crippen LogP contribution in [0.15, 0.2) is 24.4 Å². The third-order valence-corrected chi connectivity index (χ3v) is 3.94. The Morgan fingerprint density at radius 2 is 2.25 bits per heavy atom. The van der Waals surface area contributed by atoms with E-state index in [1.807, 2.05) is 25.1 Å². The van der Waals surface area contributed by atoms with Gasteiger partial charge in [0.25, 0.3) is 0 Å². The molecule has 0 bridgehead atoms. The molecule has 2 heterocycles. The predicted molar refractivity (Wildman–Crippen MR) is 77.2 cm³/mol. The average molecular weight is 277 g/mol. The number of carbonyl (C=O) groups excluding carboxylic acids is 1. The summed E-state index contributed by atoms with van der Waals surface area (Å²) in [5, 5.41) is 6.37. The molecule has 0 saturated carbocycles. The van der Waals surface area contributed by atoms with Gasteiger partial charge in [0.1, 0.15) is 0 Å². The van der Waals surface area contributed by atoms with Crippen LogP contribution in [0.3, 0.4) is 0 Å². The second kappa shape index (κ2) is 6.81. The standard InChI is InChI=1S/C15H23N3O2/c1-12(13-5-3-4-8-17-13)18-14(19)15(11-20-2)6-9-16-10-7-15/h3-5,8,12,16H,6-7,9-11H2,1-2H3,(H,18,19)/t12-/m1/s1. The number of rotatable bonds is 5. The first-order valence-corrected chi connectivity index (χ1v) is 7.09. The number of pyridine rings is 1. The van der Waals surface area contributed by atoms with Gasteiger partial charge in [0.2, 0.25) is 5.91 Å². The molecule has 20 heavy (non-hydrogen) atoms. The van der Waals surface area contributed by atoms with Crippen LogP contribution >= 0.6 is 0 Å². The highest BCUT2D eigenvalue weighted by Crippen LogP contribution is 2.30. The Labute approximate surface area is 120 Å². The Morgan fingerprint density at radius 1 is 1.50 bits per heavy atom. The van der Waals surface area contributed by atoms with Gasteiger partial charge in [-0.2, -0.15) is 0 Å². The summed E-state index contributed by atoms with van der Waals surface area (Å²) in [6, 6.07) is 5.64. The van der Waals surface area contributed by atoms with Gasteiger partial charge in [-0.3, -0.25) is 9.78 Å². The average Bonchev–Trinajstić information content (AvgIpc) is 2.49. The summed E-state index contributed by atoms with van der Waals surface area (Å²) in [5.41, 5.74) is 0.464. The summed E-state index contributed by atoms with van der Waals surface area (Å²) < 4.78 is 5.29. The molecule has 2 N–H and O–H groups in total. The molecule has 1 aliphatic rings. The Morgan fingerprint density at radius 3 is 2.85 bits per heavy atom. The number of amides is 1. The molecule has 0 spiro atoms. The number of nitrogens with zero attached hydrogens (tertiary/aromatic N) is 1. The summed E-state index contributed by atoms with van der Waals surface area (Å²) in [4.78, 5) is 16.9. The van der Waals surface area contributed by atoms with Crippen molar-refractivity contribution >= 4 is 5.91 Å². The molecule has 1 aromatic heterocycles. The summed E-state index contributed by atoms with van der Waals surface area (Å²) in [6.45, 7) is 4.14. The first-order chi connectivity index (χ1) is 9.68. The lowest BCUT2D eigenvalue weighted by atomic mass is 9.78. The first kappa shape index (κ1) is 14.9. The maximum absolute atomic E-state index is 12.6. The van der Waals surface area contributed by atoms with E-state index < -0.39 is 5.41 Å². The van der Waals surface area contributed by atoms with E-state index in [1.54, 1.807) is 13.3 Å². The maximum atomic E-state index is 12.6. The zero-order chi connectivity index (χ0) is 14.4. The van der Waals surface area contributed by atoms with Gasteiger partial charge in [-0.1, -0.05) is 6.07 Å². The van der Waals surface area contributed by atoms with Crippen molar-refractivity contribution in [2.45, 2.75) is 25.8 Å². The molecule has 1 fully saturated rings. The molecule has 1 aromatic rings. The zero-order valence-corrected chi connectivity index (χ0v) is 12.2. The van der Waals surface area contributed by atoms with Crippen LogP contribution < -0.4 is 10.6 Å². The molecule has 0 radical (unpaired) electrons. The minimum Gasteiger partial charge on any atom is -0.384 e. The number of aromatic nitrogens is 1. The number of ether oxygens (including phenoxy) is 1. The molecule has 0 aromatic carbocycles. The summed E-state index contributed by atoms with van der Waals surface area (Å²) in [5.74, 6) is 0.0685. The van der Waals surface area contributed by atoms with E-state index in [9.17, 15) is 4.79 Å². The Balaban J connectivity index is 2.05. The van der Waals surface area contributed by atoms with E-state index in [0.29, 0.717) is 6.61 Å². The van der Waals surface area contributed by atoms with Crippen molar-refractivity contribution < 1.29 is 9.53 Å². The van der Waals surface area contributed by atoms with Crippen molar-refractivity contribution in [3.63, 3.8) is 0 Å². The van der Waals surface area contributed by atoms with Gasteiger partial charge in [-0.05, 0) is 45.0 Å². The van der Waals surface area contributed by atoms with Crippen LogP contribution in [0.25, 0.3) is 0 Å². The number of nitrogens with one attached hydrogen (secondary N) is 2. The largest absolute Gasteiger partial charge is 0.384 e. The van der Waals surface area contributed by atoms with Crippen LogP contribution in [0.1, 0.15) is 31.5 Å². The van der Waals surface area contributed by atoms with Crippen molar-refractivity contribution in [1.29, 1.82) is 0 Å². The number of hydrogen-bond acceptors (Lipinski definition) is 4. The highest BCUT2D eigenvalue weighted by Gasteiger charge is 2.40. The van der Waals surface area contributed by atoms with Crippen LogP contribution in [0.5, 0.6) is 0 Å². The summed E-state index contributed by atoms with van der Waals surface area (Å²) >= 11 is 0. The van der Waals surface area contributed by atoms with Gasteiger partial charge in [0, 0.05) is 13.3 Å². The molecule has 5 heteroatoms. The van der Waals surface area contributed by atoms with Crippen LogP contribution in [-0.4, -0.2) is 37.7 Å². The SMILES string of the molecule is COCC1(C(=O)N[C@H](C)c2ccccn2)CCNCC1. The smallest absolute Gasteiger partial charge is 0.229 e. The van der Waals surface area contributed by atoms with Gasteiger partial charge in [-0.15, -0.1) is 0 Å². The van der Waals surface area contributed by atoms with E-state index in [-0.39, 0.29) is 11.9 Å². The molecule has 1 amide bonds. The van der Waals surface area contributed by atoms with E-state index >= 15 is 0 Å². The lowest BCUT2D eigenvalue weighted by Gasteiger charge is -2.36. The van der Waals surface area contributed by atoms with Gasteiger partial charge < -0.3 is 15.4 Å². The van der Waals surface area contributed by atoms with E-state index in [4.69, 9.17) is 4.74 Å². The fourth-order valence-corrected chi connectivity index (χ4v) is 2.67.